The van der Waals surface area contributed by atoms with E-state index < -0.39 is 0 Å². The SMILES string of the molecule is Cc1cccc(C2=Nc3cccnc3N(CCCN(C)C)c3ccccc32)c1. The summed E-state index contributed by atoms with van der Waals surface area (Å²) < 4.78 is 0. The van der Waals surface area contributed by atoms with Gasteiger partial charge in [0.05, 0.1) is 11.4 Å². The van der Waals surface area contributed by atoms with Gasteiger partial charge >= 0.3 is 0 Å². The standard InChI is InChI=1S/C24H26N4/c1-18-9-6-10-19(17-18)23-20-11-4-5-13-22(20)28(16-8-15-27(2)3)24-21(26-23)12-7-14-25-24/h4-7,9-14,17H,8,15-16H2,1-3H3. The van der Waals surface area contributed by atoms with Crippen molar-refractivity contribution in [3.63, 3.8) is 0 Å². The Labute approximate surface area is 167 Å². The smallest absolute Gasteiger partial charge is 0.159 e. The summed E-state index contributed by atoms with van der Waals surface area (Å²) in [6, 6.07) is 21.1. The number of hydrogen-bond acceptors (Lipinski definition) is 4. The number of pyridine rings is 1. The normalized spacial score (nSPS) is 13.0. The zero-order valence-corrected chi connectivity index (χ0v) is 16.8. The van der Waals surface area contributed by atoms with Crippen LogP contribution in [0.3, 0.4) is 0 Å². The summed E-state index contributed by atoms with van der Waals surface area (Å²) in [4.78, 5) is 14.3. The third-order valence-electron chi connectivity index (χ3n) is 4.98. The first-order valence-electron chi connectivity index (χ1n) is 9.76. The molecule has 4 nitrogen and oxygen atoms in total. The Bertz CT molecular complexity index is 1010. The number of hydrogen-bond donors (Lipinski definition) is 0. The Hall–Kier alpha value is -2.98. The van der Waals surface area contributed by atoms with E-state index in [0.717, 1.165) is 47.9 Å². The number of anilines is 2. The molecule has 3 aromatic rings. The second-order valence-corrected chi connectivity index (χ2v) is 7.50. The van der Waals surface area contributed by atoms with Crippen LogP contribution in [0.5, 0.6) is 0 Å². The Morgan fingerprint density at radius 3 is 2.64 bits per heavy atom. The van der Waals surface area contributed by atoms with Crippen molar-refractivity contribution in [2.45, 2.75) is 13.3 Å². The van der Waals surface area contributed by atoms with Crippen LogP contribution in [-0.2, 0) is 0 Å². The maximum atomic E-state index is 5.09. The van der Waals surface area contributed by atoms with Gasteiger partial charge in [-0.05, 0) is 58.3 Å². The predicted molar refractivity (Wildman–Crippen MR) is 117 cm³/mol. The lowest BCUT2D eigenvalue weighted by Crippen LogP contribution is -2.24. The molecule has 0 fully saturated rings. The Kier molecular flexibility index (Phi) is 5.22. The Balaban J connectivity index is 1.87. The summed E-state index contributed by atoms with van der Waals surface area (Å²) in [5, 5.41) is 0. The van der Waals surface area contributed by atoms with E-state index in [0.29, 0.717) is 0 Å². The van der Waals surface area contributed by atoms with Crippen LogP contribution in [0, 0.1) is 6.92 Å². The van der Waals surface area contributed by atoms with Crippen LogP contribution >= 0.6 is 0 Å². The van der Waals surface area contributed by atoms with E-state index >= 15 is 0 Å². The first kappa shape index (κ1) is 18.4. The molecular weight excluding hydrogens is 344 g/mol. The van der Waals surface area contributed by atoms with Crippen LogP contribution in [0.15, 0.2) is 71.9 Å². The Morgan fingerprint density at radius 2 is 1.82 bits per heavy atom. The maximum Gasteiger partial charge on any atom is 0.159 e. The highest BCUT2D eigenvalue weighted by molar-refractivity contribution is 6.18. The number of nitrogens with zero attached hydrogens (tertiary/aromatic N) is 4. The predicted octanol–water partition coefficient (Wildman–Crippen LogP) is 4.96. The fourth-order valence-corrected chi connectivity index (χ4v) is 3.67. The number of aliphatic imine (C=N–C) groups is 1. The second-order valence-electron chi connectivity index (χ2n) is 7.50. The van der Waals surface area contributed by atoms with Crippen molar-refractivity contribution >= 4 is 22.9 Å². The summed E-state index contributed by atoms with van der Waals surface area (Å²) in [5.74, 6) is 0.927. The molecule has 0 atom stereocenters. The molecular formula is C24H26N4. The summed E-state index contributed by atoms with van der Waals surface area (Å²) in [6.45, 7) is 4.05. The third-order valence-corrected chi connectivity index (χ3v) is 4.98. The summed E-state index contributed by atoms with van der Waals surface area (Å²) in [7, 11) is 4.23. The summed E-state index contributed by atoms with van der Waals surface area (Å²) in [6.07, 6.45) is 2.91. The molecule has 0 radical (unpaired) electrons. The lowest BCUT2D eigenvalue weighted by molar-refractivity contribution is 0.402. The minimum Gasteiger partial charge on any atom is -0.324 e. The van der Waals surface area contributed by atoms with Crippen molar-refractivity contribution in [3.05, 3.63) is 83.6 Å². The lowest BCUT2D eigenvalue weighted by atomic mass is 9.99. The van der Waals surface area contributed by atoms with Gasteiger partial charge in [-0.1, -0.05) is 42.0 Å². The topological polar surface area (TPSA) is 31.7 Å². The molecule has 0 bridgehead atoms. The van der Waals surface area contributed by atoms with E-state index in [4.69, 9.17) is 9.98 Å². The molecule has 0 spiro atoms. The van der Waals surface area contributed by atoms with Crippen LogP contribution in [0.25, 0.3) is 0 Å². The van der Waals surface area contributed by atoms with Crippen molar-refractivity contribution in [1.29, 1.82) is 0 Å². The van der Waals surface area contributed by atoms with Gasteiger partial charge in [0.15, 0.2) is 5.82 Å². The third kappa shape index (κ3) is 3.69. The van der Waals surface area contributed by atoms with Crippen LogP contribution in [-0.4, -0.2) is 42.8 Å². The molecule has 2 heterocycles. The van der Waals surface area contributed by atoms with E-state index in [1.165, 1.54) is 11.3 Å². The van der Waals surface area contributed by atoms with Gasteiger partial charge in [0, 0.05) is 23.9 Å². The molecule has 0 N–H and O–H groups in total. The molecule has 1 aliphatic heterocycles. The number of rotatable bonds is 5. The van der Waals surface area contributed by atoms with Gasteiger partial charge in [0.2, 0.25) is 0 Å². The average molecular weight is 371 g/mol. The fourth-order valence-electron chi connectivity index (χ4n) is 3.67. The van der Waals surface area contributed by atoms with E-state index in [1.807, 2.05) is 12.3 Å². The highest BCUT2D eigenvalue weighted by atomic mass is 15.2. The molecule has 0 amide bonds. The van der Waals surface area contributed by atoms with Gasteiger partial charge in [-0.2, -0.15) is 0 Å². The highest BCUT2D eigenvalue weighted by Crippen LogP contribution is 2.39. The van der Waals surface area contributed by atoms with Gasteiger partial charge in [0.25, 0.3) is 0 Å². The van der Waals surface area contributed by atoms with E-state index in [1.54, 1.807) is 0 Å². The molecule has 0 saturated heterocycles. The van der Waals surface area contributed by atoms with Gasteiger partial charge in [0.1, 0.15) is 5.69 Å². The van der Waals surface area contributed by atoms with Gasteiger partial charge < -0.3 is 9.80 Å². The van der Waals surface area contributed by atoms with Gasteiger partial charge in [-0.3, -0.25) is 0 Å². The molecule has 142 valence electrons. The zero-order valence-electron chi connectivity index (χ0n) is 16.8. The average Bonchev–Trinajstić information content (AvgIpc) is 2.83. The van der Waals surface area contributed by atoms with Gasteiger partial charge in [-0.15, -0.1) is 0 Å². The minimum absolute atomic E-state index is 0.899. The number of aryl methyl sites for hydroxylation is 1. The van der Waals surface area contributed by atoms with Crippen LogP contribution < -0.4 is 4.90 Å². The van der Waals surface area contributed by atoms with Crippen molar-refractivity contribution < 1.29 is 0 Å². The number of fused-ring (bicyclic) bond motifs is 2. The molecule has 0 unspecified atom stereocenters. The van der Waals surface area contributed by atoms with E-state index in [9.17, 15) is 0 Å². The zero-order chi connectivity index (χ0) is 19.5. The van der Waals surface area contributed by atoms with Crippen LogP contribution in [0.1, 0.15) is 23.1 Å². The van der Waals surface area contributed by atoms with Crippen molar-refractivity contribution in [2.24, 2.45) is 4.99 Å². The van der Waals surface area contributed by atoms with Crippen molar-refractivity contribution in [1.82, 2.24) is 9.88 Å². The highest BCUT2D eigenvalue weighted by Gasteiger charge is 2.24. The molecule has 0 saturated carbocycles. The van der Waals surface area contributed by atoms with Crippen LogP contribution in [0.4, 0.5) is 17.2 Å². The summed E-state index contributed by atoms with van der Waals surface area (Å²) in [5.41, 5.74) is 6.60. The largest absolute Gasteiger partial charge is 0.324 e. The number of para-hydroxylation sites is 1. The molecule has 1 aromatic heterocycles. The quantitative estimate of drug-likeness (QED) is 0.636. The van der Waals surface area contributed by atoms with Crippen LogP contribution in [0.2, 0.25) is 0 Å². The van der Waals surface area contributed by atoms with Crippen molar-refractivity contribution in [3.8, 4) is 0 Å². The first-order chi connectivity index (χ1) is 13.6. The first-order valence-corrected chi connectivity index (χ1v) is 9.76. The molecule has 28 heavy (non-hydrogen) atoms. The molecule has 4 rings (SSSR count). The lowest BCUT2D eigenvalue weighted by Gasteiger charge is -2.26. The number of benzene rings is 2. The fraction of sp³-hybridized carbons (Fsp3) is 0.250. The van der Waals surface area contributed by atoms with Crippen molar-refractivity contribution in [2.75, 3.05) is 32.1 Å². The second kappa shape index (κ2) is 7.95. The van der Waals surface area contributed by atoms with E-state index in [-0.39, 0.29) is 0 Å². The van der Waals surface area contributed by atoms with Gasteiger partial charge in [-0.25, -0.2) is 9.98 Å². The number of aromatic nitrogens is 1. The molecule has 0 aliphatic carbocycles. The Morgan fingerprint density at radius 1 is 0.964 bits per heavy atom. The van der Waals surface area contributed by atoms with E-state index in [2.05, 4.69) is 85.4 Å². The monoisotopic (exact) mass is 370 g/mol. The molecule has 1 aliphatic rings. The maximum absolute atomic E-state index is 5.09. The summed E-state index contributed by atoms with van der Waals surface area (Å²) >= 11 is 0. The molecule has 2 aromatic carbocycles. The molecule has 4 heteroatoms. The minimum atomic E-state index is 0.899.